The number of aliphatic carboxylic acids is 3. The van der Waals surface area contributed by atoms with Gasteiger partial charge < -0.3 is 83.4 Å². The van der Waals surface area contributed by atoms with Crippen molar-refractivity contribution in [2.24, 2.45) is 11.8 Å². The zero-order chi connectivity index (χ0) is 66.3. The van der Waals surface area contributed by atoms with E-state index in [0.717, 1.165) is 43.9 Å². The predicted molar refractivity (Wildman–Crippen MR) is 316 cm³/mol. The van der Waals surface area contributed by atoms with E-state index in [-0.39, 0.29) is 38.8 Å². The molecule has 3 rings (SSSR count). The molecule has 0 saturated carbocycles. The summed E-state index contributed by atoms with van der Waals surface area (Å²) in [6.07, 6.45) is 9.55. The number of hydrogen-bond acceptors (Lipinski definition) is 16. The lowest BCUT2D eigenvalue weighted by molar-refractivity contribution is -0.146. The Morgan fingerprint density at radius 1 is 0.573 bits per heavy atom. The zero-order valence-electron chi connectivity index (χ0n) is 51.5. The summed E-state index contributed by atoms with van der Waals surface area (Å²) in [5.74, 6) is -17.2. The number of carbonyl (C=O) groups excluding carboxylic acids is 12. The fourth-order valence-electron chi connectivity index (χ4n) is 10.3. The van der Waals surface area contributed by atoms with Gasteiger partial charge in [-0.3, -0.25) is 71.9 Å². The van der Waals surface area contributed by atoms with Crippen molar-refractivity contribution in [2.45, 2.75) is 211 Å². The first kappa shape index (κ1) is 75.0. The lowest BCUT2D eigenvalue weighted by Gasteiger charge is -2.37. The number of carbonyl (C=O) groups is 15. The standard InChI is InChI=1S/C58H92N12O19/c1-6-34(4)49-58(89)70-25-19-22-41(70)54(85)59-29-39(66-53(84)38(28-48(80)81)63-42(72)23-16-14-12-10-8-7-9-11-13-15-20-33(2)3)57(88)69-24-18-17-21-40(69)55(86)62-31-44(74)65-36(26-46(76)77)51(82)60-30-43(73)64-37(27-47(78)79)52(83)61-32-45(75)67-50(35(5)71)56(87)68-49/h16,23,33-41,49-50,71H,6-15,17-22,24-32H2,1-5H3,(H,59,85)(H,60,82)(H,61,83)(H,62,86)(H,63,72)(H,64,73)(H,65,74)(H,66,84)(H,67,75)(H,68,87)(H,76,77)(H,78,79)(H,80,81)/b23-16+/t34-,35?,36-,37-,38-,39-,40+,41-,49-,50+/m0/s1. The number of carboxylic acid groups (broad SMARTS) is 3. The van der Waals surface area contributed by atoms with Crippen LogP contribution in [0.2, 0.25) is 0 Å². The zero-order valence-corrected chi connectivity index (χ0v) is 51.5. The van der Waals surface area contributed by atoms with Crippen LogP contribution in [0.15, 0.2) is 12.2 Å². The Balaban J connectivity index is 2.00. The smallest absolute Gasteiger partial charge is 0.305 e. The van der Waals surface area contributed by atoms with Gasteiger partial charge in [-0.05, 0) is 69.8 Å². The second-order valence-electron chi connectivity index (χ2n) is 23.1. The summed E-state index contributed by atoms with van der Waals surface area (Å²) < 4.78 is 0. The molecule has 0 radical (unpaired) electrons. The van der Waals surface area contributed by atoms with Crippen LogP contribution in [-0.4, -0.2) is 213 Å². The van der Waals surface area contributed by atoms with E-state index in [2.05, 4.69) is 67.0 Å². The van der Waals surface area contributed by atoms with Crippen molar-refractivity contribution >= 4 is 88.8 Å². The molecule has 12 amide bonds. The molecule has 31 heteroatoms. The van der Waals surface area contributed by atoms with E-state index in [1.54, 1.807) is 19.9 Å². The van der Waals surface area contributed by atoms with Gasteiger partial charge in [0.2, 0.25) is 70.9 Å². The third-order valence-electron chi connectivity index (χ3n) is 15.4. The highest BCUT2D eigenvalue weighted by molar-refractivity contribution is 6.00. The number of hydrogen-bond donors (Lipinski definition) is 14. The molecule has 14 N–H and O–H groups in total. The van der Waals surface area contributed by atoms with Gasteiger partial charge in [-0.15, -0.1) is 0 Å². The number of piperidine rings is 1. The highest BCUT2D eigenvalue weighted by Gasteiger charge is 2.43. The molecule has 0 aliphatic carbocycles. The molecule has 3 aliphatic heterocycles. The Labute approximate surface area is 516 Å². The molecule has 498 valence electrons. The number of unbranched alkanes of at least 4 members (excludes halogenated alkanes) is 8. The summed E-state index contributed by atoms with van der Waals surface area (Å²) in [4.78, 5) is 202. The summed E-state index contributed by atoms with van der Waals surface area (Å²) in [6.45, 7) is 5.09. The highest BCUT2D eigenvalue weighted by atomic mass is 16.4. The summed E-state index contributed by atoms with van der Waals surface area (Å²) in [5, 5.41) is 62.5. The Bertz CT molecular complexity index is 2550. The monoisotopic (exact) mass is 1260 g/mol. The van der Waals surface area contributed by atoms with E-state index in [1.165, 1.54) is 36.7 Å². The third kappa shape index (κ3) is 26.9. The van der Waals surface area contributed by atoms with Gasteiger partial charge in [0.05, 0.1) is 45.0 Å². The Morgan fingerprint density at radius 2 is 1.07 bits per heavy atom. The van der Waals surface area contributed by atoms with Gasteiger partial charge in [0.15, 0.2) is 0 Å². The summed E-state index contributed by atoms with van der Waals surface area (Å²) >= 11 is 0. The number of rotatable bonds is 24. The molecule has 1 unspecified atom stereocenters. The Kier molecular flexibility index (Phi) is 32.8. The number of aliphatic hydroxyl groups is 1. The van der Waals surface area contributed by atoms with Gasteiger partial charge in [-0.1, -0.05) is 91.6 Å². The SMILES string of the molecule is CC[C@H](C)[C@@H]1NC(=O)[C@@H](C(C)O)NC(=O)CNC(=O)[C@H](CC(=O)O)NC(=O)CNC(=O)[C@H](CC(=O)O)NC(=O)CNC(=O)[C@H]2CCCCN2C(=O)[C@@H](NC(=O)[C@H](CC(=O)O)NC(=O)/C=C/CCCCCCCCCCC(C)C)CNC(=O)[C@@H]2CCCN2C1=O. The molecule has 0 aromatic heterocycles. The van der Waals surface area contributed by atoms with E-state index in [9.17, 15) is 92.3 Å². The number of amides is 12. The number of nitrogens with zero attached hydrogens (tertiary/aromatic N) is 2. The maximum absolute atomic E-state index is 14.8. The summed E-state index contributed by atoms with van der Waals surface area (Å²) in [6, 6.07) is -13.2. The van der Waals surface area contributed by atoms with E-state index in [0.29, 0.717) is 25.2 Å². The lowest BCUT2D eigenvalue weighted by Crippen LogP contribution is -2.63. The van der Waals surface area contributed by atoms with Crippen molar-refractivity contribution in [3.63, 3.8) is 0 Å². The minimum Gasteiger partial charge on any atom is -0.481 e. The van der Waals surface area contributed by atoms with Crippen LogP contribution in [0.25, 0.3) is 0 Å². The highest BCUT2D eigenvalue weighted by Crippen LogP contribution is 2.23. The van der Waals surface area contributed by atoms with Crippen LogP contribution >= 0.6 is 0 Å². The normalized spacial score (nSPS) is 23.9. The van der Waals surface area contributed by atoms with Crippen LogP contribution in [0, 0.1) is 11.8 Å². The molecule has 0 aromatic carbocycles. The van der Waals surface area contributed by atoms with Crippen LogP contribution in [0.4, 0.5) is 0 Å². The topological polar surface area (TPSA) is 464 Å². The van der Waals surface area contributed by atoms with E-state index in [4.69, 9.17) is 0 Å². The Hall–Kier alpha value is -8.25. The van der Waals surface area contributed by atoms with Gasteiger partial charge in [-0.2, -0.15) is 0 Å². The van der Waals surface area contributed by atoms with Gasteiger partial charge in [0.25, 0.3) is 0 Å². The van der Waals surface area contributed by atoms with Crippen LogP contribution < -0.4 is 53.2 Å². The second kappa shape index (κ2) is 38.9. The first-order chi connectivity index (χ1) is 42.1. The van der Waals surface area contributed by atoms with Crippen molar-refractivity contribution < 1.29 is 92.3 Å². The molecule has 3 fully saturated rings. The maximum Gasteiger partial charge on any atom is 0.305 e. The molecule has 0 spiro atoms. The second-order valence-corrected chi connectivity index (χ2v) is 23.1. The van der Waals surface area contributed by atoms with E-state index in [1.807, 2.05) is 0 Å². The van der Waals surface area contributed by atoms with Crippen LogP contribution in [-0.2, 0) is 71.9 Å². The van der Waals surface area contributed by atoms with Crippen LogP contribution in [0.3, 0.4) is 0 Å². The molecule has 89 heavy (non-hydrogen) atoms. The van der Waals surface area contributed by atoms with Gasteiger partial charge >= 0.3 is 17.9 Å². The quantitative estimate of drug-likeness (QED) is 0.0357. The molecule has 0 bridgehead atoms. The maximum atomic E-state index is 14.8. The predicted octanol–water partition coefficient (Wildman–Crippen LogP) is -2.29. The number of carboxylic acids is 3. The third-order valence-corrected chi connectivity index (χ3v) is 15.4. The molecular weight excluding hydrogens is 1170 g/mol. The number of fused-ring (bicyclic) bond motifs is 2. The van der Waals surface area contributed by atoms with Crippen molar-refractivity contribution in [1.82, 2.24) is 63.0 Å². The fourth-order valence-corrected chi connectivity index (χ4v) is 10.3. The first-order valence-electron chi connectivity index (χ1n) is 30.6. The molecule has 31 nitrogen and oxygen atoms in total. The van der Waals surface area contributed by atoms with E-state index >= 15 is 0 Å². The van der Waals surface area contributed by atoms with Crippen LogP contribution in [0.1, 0.15) is 157 Å². The van der Waals surface area contributed by atoms with Crippen molar-refractivity contribution in [3.8, 4) is 0 Å². The molecule has 3 saturated heterocycles. The summed E-state index contributed by atoms with van der Waals surface area (Å²) in [5.41, 5.74) is 0. The van der Waals surface area contributed by atoms with Gasteiger partial charge in [-0.25, -0.2) is 0 Å². The van der Waals surface area contributed by atoms with Crippen LogP contribution in [0.5, 0.6) is 0 Å². The molecule has 3 aliphatic rings. The van der Waals surface area contributed by atoms with Crippen molar-refractivity contribution in [2.75, 3.05) is 39.3 Å². The molecular formula is C58H92N12O19. The molecule has 3 heterocycles. The largest absolute Gasteiger partial charge is 0.481 e. The van der Waals surface area contributed by atoms with Crippen molar-refractivity contribution in [3.05, 3.63) is 12.2 Å². The van der Waals surface area contributed by atoms with Gasteiger partial charge in [0, 0.05) is 19.6 Å². The van der Waals surface area contributed by atoms with Gasteiger partial charge in [0.1, 0.15) is 48.3 Å². The fraction of sp³-hybridized carbons (Fsp3) is 0.707. The van der Waals surface area contributed by atoms with E-state index < -0.39 is 195 Å². The Morgan fingerprint density at radius 3 is 1.60 bits per heavy atom. The lowest BCUT2D eigenvalue weighted by atomic mass is 9.96. The first-order valence-corrected chi connectivity index (χ1v) is 30.6. The van der Waals surface area contributed by atoms with Crippen molar-refractivity contribution in [1.29, 1.82) is 0 Å². The minimum absolute atomic E-state index is 0.0160. The average molecular weight is 1260 g/mol. The number of aliphatic hydroxyl groups excluding tert-OH is 1. The average Bonchev–Trinajstić information content (AvgIpc) is 2.09. The number of nitrogens with one attached hydrogen (secondary N) is 10. The molecule has 10 atom stereocenters. The number of allylic oxidation sites excluding steroid dienone is 1. The minimum atomic E-state index is -1.90. The molecule has 0 aromatic rings. The summed E-state index contributed by atoms with van der Waals surface area (Å²) in [7, 11) is 0.